The number of aromatic carboxylic acids is 1. The fourth-order valence-corrected chi connectivity index (χ4v) is 1.57. The Balaban J connectivity index is 2.82. The SMILES string of the molecule is CCCc1cc(C(=O)O)n(CCC(C)C)n1. The highest BCUT2D eigenvalue weighted by Gasteiger charge is 2.13. The lowest BCUT2D eigenvalue weighted by atomic mass is 10.1. The lowest BCUT2D eigenvalue weighted by Crippen LogP contribution is -2.11. The molecule has 0 amide bonds. The largest absolute Gasteiger partial charge is 0.477 e. The van der Waals surface area contributed by atoms with E-state index in [2.05, 4.69) is 25.9 Å². The molecule has 0 aliphatic carbocycles. The van der Waals surface area contributed by atoms with Crippen molar-refractivity contribution < 1.29 is 9.90 Å². The van der Waals surface area contributed by atoms with Gasteiger partial charge in [-0.05, 0) is 24.8 Å². The fourth-order valence-electron chi connectivity index (χ4n) is 1.57. The highest BCUT2D eigenvalue weighted by Crippen LogP contribution is 2.10. The molecule has 0 bridgehead atoms. The zero-order valence-electron chi connectivity index (χ0n) is 10.2. The van der Waals surface area contributed by atoms with Crippen molar-refractivity contribution in [3.8, 4) is 0 Å². The third kappa shape index (κ3) is 3.36. The van der Waals surface area contributed by atoms with Crippen LogP contribution in [0.3, 0.4) is 0 Å². The van der Waals surface area contributed by atoms with Gasteiger partial charge in [-0.2, -0.15) is 5.10 Å². The maximum absolute atomic E-state index is 11.0. The van der Waals surface area contributed by atoms with Crippen LogP contribution in [-0.4, -0.2) is 20.9 Å². The van der Waals surface area contributed by atoms with E-state index in [1.165, 1.54) is 0 Å². The number of nitrogens with zero attached hydrogens (tertiary/aromatic N) is 2. The molecule has 0 atom stereocenters. The summed E-state index contributed by atoms with van der Waals surface area (Å²) in [7, 11) is 0. The molecule has 0 fully saturated rings. The molecular weight excluding hydrogens is 204 g/mol. The van der Waals surface area contributed by atoms with Gasteiger partial charge in [-0.25, -0.2) is 4.79 Å². The predicted octanol–water partition coefficient (Wildman–Crippen LogP) is 2.58. The fraction of sp³-hybridized carbons (Fsp3) is 0.667. The number of rotatable bonds is 6. The first-order valence-corrected chi connectivity index (χ1v) is 5.84. The van der Waals surface area contributed by atoms with Crippen LogP contribution in [0.1, 0.15) is 49.8 Å². The zero-order valence-corrected chi connectivity index (χ0v) is 10.2. The second-order valence-electron chi connectivity index (χ2n) is 4.48. The molecule has 90 valence electrons. The Labute approximate surface area is 96.3 Å². The summed E-state index contributed by atoms with van der Waals surface area (Å²) >= 11 is 0. The van der Waals surface area contributed by atoms with Gasteiger partial charge in [0.25, 0.3) is 0 Å². The summed E-state index contributed by atoms with van der Waals surface area (Å²) in [5.41, 5.74) is 1.19. The first-order chi connectivity index (χ1) is 7.54. The van der Waals surface area contributed by atoms with E-state index in [0.29, 0.717) is 18.2 Å². The summed E-state index contributed by atoms with van der Waals surface area (Å²) in [6.07, 6.45) is 2.78. The molecule has 0 aliphatic heterocycles. The maximum Gasteiger partial charge on any atom is 0.354 e. The Morgan fingerprint density at radius 2 is 2.25 bits per heavy atom. The molecule has 0 spiro atoms. The first-order valence-electron chi connectivity index (χ1n) is 5.84. The topological polar surface area (TPSA) is 55.1 Å². The standard InChI is InChI=1S/C12H20N2O2/c1-4-5-10-8-11(12(15)16)14(13-10)7-6-9(2)3/h8-9H,4-7H2,1-3H3,(H,15,16). The summed E-state index contributed by atoms with van der Waals surface area (Å²) in [5, 5.41) is 13.4. The molecule has 0 aliphatic rings. The van der Waals surface area contributed by atoms with Crippen LogP contribution in [0.15, 0.2) is 6.07 Å². The van der Waals surface area contributed by atoms with Crippen molar-refractivity contribution in [1.82, 2.24) is 9.78 Å². The van der Waals surface area contributed by atoms with Crippen LogP contribution < -0.4 is 0 Å². The average Bonchev–Trinajstić information content (AvgIpc) is 2.59. The number of carbonyl (C=O) groups is 1. The average molecular weight is 224 g/mol. The van der Waals surface area contributed by atoms with Crippen molar-refractivity contribution in [1.29, 1.82) is 0 Å². The summed E-state index contributed by atoms with van der Waals surface area (Å²) < 4.78 is 1.62. The molecule has 0 radical (unpaired) electrons. The van der Waals surface area contributed by atoms with Crippen molar-refractivity contribution in [3.05, 3.63) is 17.5 Å². The Morgan fingerprint density at radius 1 is 1.56 bits per heavy atom. The third-order valence-electron chi connectivity index (χ3n) is 2.47. The highest BCUT2D eigenvalue weighted by molar-refractivity contribution is 5.85. The maximum atomic E-state index is 11.0. The Kier molecular flexibility index (Phi) is 4.52. The normalized spacial score (nSPS) is 11.0. The van der Waals surface area contributed by atoms with Gasteiger partial charge in [0.2, 0.25) is 0 Å². The molecule has 0 unspecified atom stereocenters. The summed E-state index contributed by atoms with van der Waals surface area (Å²) in [6.45, 7) is 6.99. The van der Waals surface area contributed by atoms with Crippen LogP contribution in [0, 0.1) is 5.92 Å². The van der Waals surface area contributed by atoms with E-state index in [9.17, 15) is 4.79 Å². The smallest absolute Gasteiger partial charge is 0.354 e. The zero-order chi connectivity index (χ0) is 12.1. The van der Waals surface area contributed by atoms with Crippen LogP contribution in [0.4, 0.5) is 0 Å². The quantitative estimate of drug-likeness (QED) is 0.808. The van der Waals surface area contributed by atoms with Crippen molar-refractivity contribution in [2.75, 3.05) is 0 Å². The number of aryl methyl sites for hydroxylation is 2. The van der Waals surface area contributed by atoms with Crippen molar-refractivity contribution in [3.63, 3.8) is 0 Å². The number of aromatic nitrogens is 2. The minimum atomic E-state index is -0.890. The second-order valence-corrected chi connectivity index (χ2v) is 4.48. The molecule has 0 aromatic carbocycles. The molecular formula is C12H20N2O2. The molecule has 4 nitrogen and oxygen atoms in total. The van der Waals surface area contributed by atoms with Gasteiger partial charge in [-0.15, -0.1) is 0 Å². The van der Waals surface area contributed by atoms with E-state index in [1.54, 1.807) is 10.7 Å². The molecule has 1 heterocycles. The molecule has 1 aromatic rings. The van der Waals surface area contributed by atoms with Crippen LogP contribution in [-0.2, 0) is 13.0 Å². The van der Waals surface area contributed by atoms with Gasteiger partial charge in [0.1, 0.15) is 5.69 Å². The number of carboxylic acid groups (broad SMARTS) is 1. The van der Waals surface area contributed by atoms with E-state index in [4.69, 9.17) is 5.11 Å². The van der Waals surface area contributed by atoms with E-state index >= 15 is 0 Å². The Hall–Kier alpha value is -1.32. The van der Waals surface area contributed by atoms with Gasteiger partial charge in [-0.3, -0.25) is 4.68 Å². The number of carboxylic acids is 1. The van der Waals surface area contributed by atoms with Crippen molar-refractivity contribution in [2.24, 2.45) is 5.92 Å². The molecule has 4 heteroatoms. The monoisotopic (exact) mass is 224 g/mol. The van der Waals surface area contributed by atoms with Gasteiger partial charge in [-0.1, -0.05) is 27.2 Å². The highest BCUT2D eigenvalue weighted by atomic mass is 16.4. The number of hydrogen-bond donors (Lipinski definition) is 1. The van der Waals surface area contributed by atoms with Gasteiger partial charge in [0.05, 0.1) is 5.69 Å². The van der Waals surface area contributed by atoms with Gasteiger partial charge >= 0.3 is 5.97 Å². The molecule has 16 heavy (non-hydrogen) atoms. The van der Waals surface area contributed by atoms with Gasteiger partial charge < -0.3 is 5.11 Å². The molecule has 1 rings (SSSR count). The van der Waals surface area contributed by atoms with Gasteiger partial charge in [0, 0.05) is 6.54 Å². The number of hydrogen-bond acceptors (Lipinski definition) is 2. The van der Waals surface area contributed by atoms with Crippen molar-refractivity contribution in [2.45, 2.75) is 46.6 Å². The minimum absolute atomic E-state index is 0.309. The minimum Gasteiger partial charge on any atom is -0.477 e. The van der Waals surface area contributed by atoms with E-state index in [-0.39, 0.29) is 0 Å². The van der Waals surface area contributed by atoms with Crippen LogP contribution in [0.2, 0.25) is 0 Å². The summed E-state index contributed by atoms with van der Waals surface area (Å²) in [4.78, 5) is 11.0. The third-order valence-corrected chi connectivity index (χ3v) is 2.47. The Morgan fingerprint density at radius 3 is 2.75 bits per heavy atom. The molecule has 0 saturated heterocycles. The molecule has 1 aromatic heterocycles. The van der Waals surface area contributed by atoms with Gasteiger partial charge in [0.15, 0.2) is 0 Å². The molecule has 1 N–H and O–H groups in total. The van der Waals surface area contributed by atoms with E-state index in [0.717, 1.165) is 25.0 Å². The second kappa shape index (κ2) is 5.68. The van der Waals surface area contributed by atoms with Crippen LogP contribution in [0.5, 0.6) is 0 Å². The van der Waals surface area contributed by atoms with E-state index in [1.807, 2.05) is 0 Å². The van der Waals surface area contributed by atoms with Crippen molar-refractivity contribution >= 4 is 5.97 Å². The lowest BCUT2D eigenvalue weighted by molar-refractivity contribution is 0.0682. The lowest BCUT2D eigenvalue weighted by Gasteiger charge is -2.06. The predicted molar refractivity (Wildman–Crippen MR) is 62.6 cm³/mol. The Bertz CT molecular complexity index is 356. The van der Waals surface area contributed by atoms with Crippen LogP contribution in [0.25, 0.3) is 0 Å². The van der Waals surface area contributed by atoms with Crippen LogP contribution >= 0.6 is 0 Å². The first kappa shape index (κ1) is 12.7. The molecule has 0 saturated carbocycles. The van der Waals surface area contributed by atoms with E-state index < -0.39 is 5.97 Å². The summed E-state index contributed by atoms with van der Waals surface area (Å²) in [5.74, 6) is -0.334. The summed E-state index contributed by atoms with van der Waals surface area (Å²) in [6, 6.07) is 1.69.